The molecule has 0 radical (unpaired) electrons. The monoisotopic (exact) mass is 822 g/mol. The number of hydrogen-bond donors (Lipinski definition) is 2. The minimum absolute atomic E-state index is 0.0126. The van der Waals surface area contributed by atoms with Crippen LogP contribution in [0.1, 0.15) is 142 Å². The summed E-state index contributed by atoms with van der Waals surface area (Å²) >= 11 is 6.35. The summed E-state index contributed by atoms with van der Waals surface area (Å²) in [5.74, 6) is -0.533. The predicted octanol–water partition coefficient (Wildman–Crippen LogP) is 9.23. The number of ketones is 1. The number of aliphatic hydroxyl groups excluding tert-OH is 1. The maximum absolute atomic E-state index is 14.2. The molecule has 10 heteroatoms. The molecule has 4 saturated carbocycles. The number of ether oxygens (including phenoxy) is 1. The molecule has 1 amide bonds. The summed E-state index contributed by atoms with van der Waals surface area (Å²) in [6.07, 6.45) is 6.25. The highest BCUT2D eigenvalue weighted by Gasteiger charge is 2.71. The number of fused-ring (bicyclic) bond motifs is 7. The summed E-state index contributed by atoms with van der Waals surface area (Å²) in [4.78, 5) is 56.9. The molecule has 1 aromatic rings. The second-order valence-corrected chi connectivity index (χ2v) is 22.2. The minimum Gasteiger partial charge on any atom is -0.481 e. The standard InChI is InChI=1S/C48H71ClN2O7/c1-28(2)39-33(52)24-48(36(53)27-51(12)41(55)31-14-13-30(49)23-29(31)26-50(10)11)22-21-46(8)32(40(39)48)15-16-35-45(7)19-18-37(58-38(54)25-43(3,4)42(56)57)44(5,6)34(45)17-20-47(35,46)9/h13-14,23,28,32,34-37,53H,15-22,24-27H2,1-12H3,(H,56,57)/t32-,34+,35-,36?,37+,45+,46-,47-,48?/m1/s1. The van der Waals surface area contributed by atoms with Crippen LogP contribution in [0, 0.1) is 56.2 Å². The van der Waals surface area contributed by atoms with Gasteiger partial charge in [-0.2, -0.15) is 0 Å². The van der Waals surface area contributed by atoms with E-state index in [0.717, 1.165) is 56.1 Å². The van der Waals surface area contributed by atoms with Gasteiger partial charge in [-0.15, -0.1) is 0 Å². The van der Waals surface area contributed by atoms with Crippen molar-refractivity contribution in [2.45, 2.75) is 145 Å². The van der Waals surface area contributed by atoms with Crippen molar-refractivity contribution < 1.29 is 34.1 Å². The van der Waals surface area contributed by atoms with Crippen LogP contribution in [0.2, 0.25) is 5.02 Å². The first-order valence-corrected chi connectivity index (χ1v) is 22.2. The number of aliphatic carboxylic acids is 1. The molecule has 6 rings (SSSR count). The molecule has 0 saturated heterocycles. The van der Waals surface area contributed by atoms with Gasteiger partial charge in [-0.25, -0.2) is 0 Å². The van der Waals surface area contributed by atoms with Crippen LogP contribution in [0.5, 0.6) is 0 Å². The second kappa shape index (κ2) is 15.3. The highest BCUT2D eigenvalue weighted by molar-refractivity contribution is 6.30. The van der Waals surface area contributed by atoms with Gasteiger partial charge in [0.05, 0.1) is 17.9 Å². The van der Waals surface area contributed by atoms with Gasteiger partial charge in [-0.3, -0.25) is 19.2 Å². The van der Waals surface area contributed by atoms with E-state index in [2.05, 4.69) is 48.5 Å². The maximum atomic E-state index is 14.2. The summed E-state index contributed by atoms with van der Waals surface area (Å²) in [5.41, 5.74) is 1.19. The molecule has 9 atom stereocenters. The zero-order chi connectivity index (χ0) is 43.1. The van der Waals surface area contributed by atoms with Crippen LogP contribution in [0.3, 0.4) is 0 Å². The highest BCUT2D eigenvalue weighted by atomic mass is 35.5. The zero-order valence-corrected chi connectivity index (χ0v) is 38.1. The van der Waals surface area contributed by atoms with E-state index in [4.69, 9.17) is 16.3 Å². The van der Waals surface area contributed by atoms with Crippen LogP contribution < -0.4 is 0 Å². The summed E-state index contributed by atoms with van der Waals surface area (Å²) in [6.45, 7) is 20.1. The third-order valence-corrected chi connectivity index (χ3v) is 17.3. The van der Waals surface area contributed by atoms with Crippen molar-refractivity contribution in [1.82, 2.24) is 9.80 Å². The molecule has 0 aliphatic heterocycles. The number of hydrogen-bond acceptors (Lipinski definition) is 7. The van der Waals surface area contributed by atoms with E-state index in [1.165, 1.54) is 5.57 Å². The molecule has 0 heterocycles. The number of nitrogens with zero attached hydrogens (tertiary/aromatic N) is 2. The number of carbonyl (C=O) groups is 4. The van der Waals surface area contributed by atoms with Crippen molar-refractivity contribution in [1.29, 1.82) is 0 Å². The van der Waals surface area contributed by atoms with Crippen LogP contribution >= 0.6 is 11.6 Å². The molecule has 0 bridgehead atoms. The van der Waals surface area contributed by atoms with Gasteiger partial charge in [-0.1, -0.05) is 65.6 Å². The number of benzene rings is 1. The number of carboxylic acids is 1. The fourth-order valence-corrected chi connectivity index (χ4v) is 14.1. The zero-order valence-electron chi connectivity index (χ0n) is 37.4. The first kappa shape index (κ1) is 44.8. The highest BCUT2D eigenvalue weighted by Crippen LogP contribution is 2.77. The number of carbonyl (C=O) groups excluding carboxylic acids is 3. The van der Waals surface area contributed by atoms with Crippen molar-refractivity contribution in [3.05, 3.63) is 45.5 Å². The minimum atomic E-state index is -1.19. The van der Waals surface area contributed by atoms with Crippen LogP contribution in [-0.4, -0.2) is 83.5 Å². The third-order valence-electron chi connectivity index (χ3n) is 17.1. The van der Waals surface area contributed by atoms with Crippen molar-refractivity contribution in [2.24, 2.45) is 56.2 Å². The Morgan fingerprint density at radius 3 is 2.22 bits per heavy atom. The van der Waals surface area contributed by atoms with Gasteiger partial charge in [0.25, 0.3) is 5.91 Å². The number of esters is 1. The Bertz CT molecular complexity index is 1870. The van der Waals surface area contributed by atoms with Gasteiger partial charge in [0, 0.05) is 48.0 Å². The molecule has 2 N–H and O–H groups in total. The molecular formula is C48H71ClN2O7. The van der Waals surface area contributed by atoms with E-state index < -0.39 is 28.9 Å². The topological polar surface area (TPSA) is 124 Å². The first-order chi connectivity index (χ1) is 26.8. The lowest BCUT2D eigenvalue weighted by atomic mass is 9.33. The molecule has 0 aromatic heterocycles. The number of amides is 1. The number of Topliss-reactive ketones (excluding diaryl/α,β-unsaturated/α-hetero) is 1. The van der Waals surface area contributed by atoms with Crippen molar-refractivity contribution in [3.8, 4) is 0 Å². The summed E-state index contributed by atoms with van der Waals surface area (Å²) in [5, 5.41) is 22.7. The molecule has 322 valence electrons. The Morgan fingerprint density at radius 2 is 1.60 bits per heavy atom. The Hall–Kier alpha value is -2.75. The Balaban J connectivity index is 1.28. The number of likely N-dealkylation sites (N-methyl/N-ethyl adjacent to an activating group) is 1. The normalized spacial score (nSPS) is 34.9. The fourth-order valence-electron chi connectivity index (χ4n) is 13.9. The summed E-state index contributed by atoms with van der Waals surface area (Å²) < 4.78 is 6.18. The van der Waals surface area contributed by atoms with Gasteiger partial charge >= 0.3 is 11.9 Å². The van der Waals surface area contributed by atoms with Crippen LogP contribution in [-0.2, 0) is 25.7 Å². The van der Waals surface area contributed by atoms with E-state index in [1.807, 2.05) is 25.1 Å². The number of allylic oxidation sites excluding steroid dienone is 1. The Labute approximate surface area is 352 Å². The van der Waals surface area contributed by atoms with Crippen molar-refractivity contribution in [2.75, 3.05) is 27.7 Å². The third kappa shape index (κ3) is 7.08. The van der Waals surface area contributed by atoms with Gasteiger partial charge in [-0.05, 0) is 149 Å². The lowest BCUT2D eigenvalue weighted by Crippen LogP contribution is -2.66. The van der Waals surface area contributed by atoms with Crippen LogP contribution in [0.4, 0.5) is 0 Å². The van der Waals surface area contributed by atoms with E-state index in [9.17, 15) is 29.4 Å². The number of aliphatic hydroxyl groups is 1. The molecule has 5 aliphatic carbocycles. The Kier molecular flexibility index (Phi) is 11.8. The van der Waals surface area contributed by atoms with Crippen molar-refractivity contribution >= 4 is 35.2 Å². The van der Waals surface area contributed by atoms with E-state index >= 15 is 0 Å². The average molecular weight is 824 g/mol. The maximum Gasteiger partial charge on any atom is 0.309 e. The van der Waals surface area contributed by atoms with Gasteiger partial charge in [0.2, 0.25) is 0 Å². The average Bonchev–Trinajstić information content (AvgIpc) is 3.42. The lowest BCUT2D eigenvalue weighted by molar-refractivity contribution is -0.235. The van der Waals surface area contributed by atoms with Crippen molar-refractivity contribution in [3.63, 3.8) is 0 Å². The molecule has 5 aliphatic rings. The quantitative estimate of drug-likeness (QED) is 0.212. The van der Waals surface area contributed by atoms with Crippen LogP contribution in [0.25, 0.3) is 0 Å². The lowest BCUT2D eigenvalue weighted by Gasteiger charge is -2.72. The van der Waals surface area contributed by atoms with E-state index in [0.29, 0.717) is 35.4 Å². The molecular weight excluding hydrogens is 752 g/mol. The molecule has 9 nitrogen and oxygen atoms in total. The fraction of sp³-hybridized carbons (Fsp3) is 0.750. The molecule has 2 unspecified atom stereocenters. The largest absolute Gasteiger partial charge is 0.481 e. The van der Waals surface area contributed by atoms with E-state index in [1.54, 1.807) is 37.9 Å². The molecule has 58 heavy (non-hydrogen) atoms. The first-order valence-electron chi connectivity index (χ1n) is 21.8. The molecule has 1 aromatic carbocycles. The predicted molar refractivity (Wildman–Crippen MR) is 227 cm³/mol. The number of carboxylic acid groups (broad SMARTS) is 1. The summed E-state index contributed by atoms with van der Waals surface area (Å²) in [7, 11) is 5.66. The molecule has 4 fully saturated rings. The Morgan fingerprint density at radius 1 is 0.931 bits per heavy atom. The van der Waals surface area contributed by atoms with Crippen LogP contribution in [0.15, 0.2) is 29.3 Å². The summed E-state index contributed by atoms with van der Waals surface area (Å²) in [6, 6.07) is 5.35. The second-order valence-electron chi connectivity index (χ2n) is 21.8. The van der Waals surface area contributed by atoms with Gasteiger partial charge in [0.15, 0.2) is 5.78 Å². The number of halogens is 1. The van der Waals surface area contributed by atoms with E-state index in [-0.39, 0.29) is 70.7 Å². The van der Waals surface area contributed by atoms with Gasteiger partial charge < -0.3 is 24.7 Å². The number of rotatable bonds is 11. The molecule has 0 spiro atoms. The van der Waals surface area contributed by atoms with Gasteiger partial charge in [0.1, 0.15) is 6.10 Å². The smallest absolute Gasteiger partial charge is 0.309 e. The SMILES string of the molecule is CC(C)C1=C2[C@H]3CC[C@@H]4[C@@]5(C)CC[C@H](OC(=O)CC(C)(C)C(=O)O)C(C)(C)[C@@H]5CC[C@@]4(C)[C@]3(C)CCC2(C(O)CN(C)C(=O)c2ccc(Cl)cc2CN(C)C)CC1=O.